The monoisotopic (exact) mass is 315 g/mol. The number of amides is 1. The molecule has 0 radical (unpaired) electrons. The average Bonchev–Trinajstić information content (AvgIpc) is 2.63. The Labute approximate surface area is 143 Å². The molecule has 0 aliphatic carbocycles. The minimum atomic E-state index is 0.0472. The summed E-state index contributed by atoms with van der Waals surface area (Å²) in [5, 5.41) is 2.99. The van der Waals surface area contributed by atoms with E-state index in [1.54, 1.807) is 0 Å². The highest BCUT2D eigenvalue weighted by Crippen LogP contribution is 2.25. The summed E-state index contributed by atoms with van der Waals surface area (Å²) >= 11 is 0. The lowest BCUT2D eigenvalue weighted by Gasteiger charge is -2.17. The van der Waals surface area contributed by atoms with E-state index >= 15 is 0 Å². The molecule has 3 aromatic carbocycles. The predicted molar refractivity (Wildman–Crippen MR) is 99.0 cm³/mol. The summed E-state index contributed by atoms with van der Waals surface area (Å²) in [6, 6.07) is 30.2. The number of para-hydroxylation sites is 1. The van der Waals surface area contributed by atoms with Gasteiger partial charge in [0.15, 0.2) is 0 Å². The van der Waals surface area contributed by atoms with Crippen molar-refractivity contribution < 1.29 is 4.79 Å². The fourth-order valence-electron chi connectivity index (χ4n) is 2.89. The summed E-state index contributed by atoms with van der Waals surface area (Å²) in [4.78, 5) is 12.5. The number of carbonyl (C=O) groups is 1. The highest BCUT2D eigenvalue weighted by Gasteiger charge is 2.16. The van der Waals surface area contributed by atoms with Gasteiger partial charge in [-0.15, -0.1) is 0 Å². The number of nitrogens with one attached hydrogen (secondary N) is 1. The van der Waals surface area contributed by atoms with Crippen molar-refractivity contribution in [1.29, 1.82) is 0 Å². The van der Waals surface area contributed by atoms with Crippen LogP contribution < -0.4 is 5.32 Å². The van der Waals surface area contributed by atoms with Gasteiger partial charge < -0.3 is 5.32 Å². The minimum absolute atomic E-state index is 0.0472. The SMILES string of the molecule is O=C(CC(Cc1ccccc1)c1ccccc1)Nc1ccccc1. The molecule has 0 heterocycles. The fraction of sp³-hybridized carbons (Fsp3) is 0.136. The van der Waals surface area contributed by atoms with Crippen molar-refractivity contribution in [3.63, 3.8) is 0 Å². The third-order valence-electron chi connectivity index (χ3n) is 4.09. The summed E-state index contributed by atoms with van der Waals surface area (Å²) in [5.41, 5.74) is 3.29. The number of anilines is 1. The molecule has 1 N–H and O–H groups in total. The van der Waals surface area contributed by atoms with Crippen LogP contribution in [0.25, 0.3) is 0 Å². The van der Waals surface area contributed by atoms with Crippen molar-refractivity contribution in [3.05, 3.63) is 102 Å². The molecule has 3 rings (SSSR count). The first-order valence-electron chi connectivity index (χ1n) is 8.25. The smallest absolute Gasteiger partial charge is 0.224 e. The molecular weight excluding hydrogens is 294 g/mol. The van der Waals surface area contributed by atoms with E-state index in [9.17, 15) is 4.79 Å². The van der Waals surface area contributed by atoms with Crippen LogP contribution in [0.15, 0.2) is 91.0 Å². The highest BCUT2D eigenvalue weighted by atomic mass is 16.1. The molecule has 0 aliphatic heterocycles. The number of hydrogen-bond acceptors (Lipinski definition) is 1. The van der Waals surface area contributed by atoms with Crippen molar-refractivity contribution >= 4 is 11.6 Å². The molecule has 0 aromatic heterocycles. The molecular formula is C22H21NO. The van der Waals surface area contributed by atoms with E-state index in [4.69, 9.17) is 0 Å². The van der Waals surface area contributed by atoms with Crippen LogP contribution in [0, 0.1) is 0 Å². The van der Waals surface area contributed by atoms with Gasteiger partial charge in [0.1, 0.15) is 0 Å². The summed E-state index contributed by atoms with van der Waals surface area (Å²) < 4.78 is 0. The lowest BCUT2D eigenvalue weighted by molar-refractivity contribution is -0.116. The summed E-state index contributed by atoms with van der Waals surface area (Å²) in [6.45, 7) is 0. The Kier molecular flexibility index (Phi) is 5.41. The number of benzene rings is 3. The van der Waals surface area contributed by atoms with E-state index in [1.807, 2.05) is 66.7 Å². The van der Waals surface area contributed by atoms with Crippen molar-refractivity contribution in [2.45, 2.75) is 18.8 Å². The Morgan fingerprint density at radius 3 is 1.92 bits per heavy atom. The van der Waals surface area contributed by atoms with Crippen LogP contribution in [0.1, 0.15) is 23.5 Å². The van der Waals surface area contributed by atoms with Crippen LogP contribution >= 0.6 is 0 Å². The Morgan fingerprint density at radius 2 is 1.29 bits per heavy atom. The van der Waals surface area contributed by atoms with E-state index in [1.165, 1.54) is 11.1 Å². The van der Waals surface area contributed by atoms with Crippen LogP contribution in [-0.2, 0) is 11.2 Å². The zero-order valence-electron chi connectivity index (χ0n) is 13.6. The molecule has 1 unspecified atom stereocenters. The van der Waals surface area contributed by atoms with E-state index in [2.05, 4.69) is 29.6 Å². The van der Waals surface area contributed by atoms with Gasteiger partial charge in [-0.25, -0.2) is 0 Å². The summed E-state index contributed by atoms with van der Waals surface area (Å²) in [6.07, 6.45) is 1.32. The first-order chi connectivity index (χ1) is 11.8. The zero-order chi connectivity index (χ0) is 16.6. The Hall–Kier alpha value is -2.87. The summed E-state index contributed by atoms with van der Waals surface area (Å²) in [7, 11) is 0. The van der Waals surface area contributed by atoms with Gasteiger partial charge in [-0.3, -0.25) is 4.79 Å². The van der Waals surface area contributed by atoms with Crippen molar-refractivity contribution in [1.82, 2.24) is 0 Å². The molecule has 0 bridgehead atoms. The lowest BCUT2D eigenvalue weighted by Crippen LogP contribution is -2.17. The van der Waals surface area contributed by atoms with Crippen molar-refractivity contribution in [3.8, 4) is 0 Å². The topological polar surface area (TPSA) is 29.1 Å². The molecule has 2 heteroatoms. The molecule has 0 saturated carbocycles. The maximum atomic E-state index is 12.5. The van der Waals surface area contributed by atoms with Crippen LogP contribution in [-0.4, -0.2) is 5.91 Å². The highest BCUT2D eigenvalue weighted by molar-refractivity contribution is 5.91. The van der Waals surface area contributed by atoms with Gasteiger partial charge in [-0.05, 0) is 35.6 Å². The number of carbonyl (C=O) groups excluding carboxylic acids is 1. The molecule has 3 aromatic rings. The molecule has 24 heavy (non-hydrogen) atoms. The normalized spacial score (nSPS) is 11.7. The van der Waals surface area contributed by atoms with Gasteiger partial charge in [0.2, 0.25) is 5.91 Å². The van der Waals surface area contributed by atoms with Crippen molar-refractivity contribution in [2.75, 3.05) is 5.32 Å². The van der Waals surface area contributed by atoms with E-state index in [0.717, 1.165) is 12.1 Å². The molecule has 120 valence electrons. The molecule has 0 saturated heterocycles. The van der Waals surface area contributed by atoms with Crippen LogP contribution in [0.3, 0.4) is 0 Å². The molecule has 0 aliphatic rings. The quantitative estimate of drug-likeness (QED) is 0.678. The van der Waals surface area contributed by atoms with Crippen LogP contribution in [0.4, 0.5) is 5.69 Å². The first-order valence-corrected chi connectivity index (χ1v) is 8.25. The first kappa shape index (κ1) is 16.0. The average molecular weight is 315 g/mol. The Balaban J connectivity index is 1.73. The third-order valence-corrected chi connectivity index (χ3v) is 4.09. The van der Waals surface area contributed by atoms with Crippen molar-refractivity contribution in [2.24, 2.45) is 0 Å². The number of hydrogen-bond donors (Lipinski definition) is 1. The predicted octanol–water partition coefficient (Wildman–Crippen LogP) is 5.04. The van der Waals surface area contributed by atoms with Crippen LogP contribution in [0.2, 0.25) is 0 Å². The van der Waals surface area contributed by atoms with Gasteiger partial charge in [0.25, 0.3) is 0 Å². The number of rotatable bonds is 6. The maximum absolute atomic E-state index is 12.5. The maximum Gasteiger partial charge on any atom is 0.224 e. The summed E-state index contributed by atoms with van der Waals surface area (Å²) in [5.74, 6) is 0.211. The standard InChI is InChI=1S/C22H21NO/c24-22(23-21-14-8-3-9-15-21)17-20(19-12-6-2-7-13-19)16-18-10-4-1-5-11-18/h1-15,20H,16-17H2,(H,23,24). The van der Waals surface area contributed by atoms with Crippen LogP contribution in [0.5, 0.6) is 0 Å². The molecule has 0 spiro atoms. The van der Waals surface area contributed by atoms with Gasteiger partial charge in [-0.2, -0.15) is 0 Å². The Morgan fingerprint density at radius 1 is 0.750 bits per heavy atom. The third kappa shape index (κ3) is 4.56. The molecule has 1 atom stereocenters. The fourth-order valence-corrected chi connectivity index (χ4v) is 2.89. The lowest BCUT2D eigenvalue weighted by atomic mass is 9.89. The van der Waals surface area contributed by atoms with Gasteiger partial charge in [-0.1, -0.05) is 78.9 Å². The van der Waals surface area contributed by atoms with Gasteiger partial charge in [0, 0.05) is 12.1 Å². The van der Waals surface area contributed by atoms with E-state index in [-0.39, 0.29) is 11.8 Å². The van der Waals surface area contributed by atoms with E-state index in [0.29, 0.717) is 6.42 Å². The van der Waals surface area contributed by atoms with Gasteiger partial charge >= 0.3 is 0 Å². The minimum Gasteiger partial charge on any atom is -0.326 e. The largest absolute Gasteiger partial charge is 0.326 e. The second-order valence-electron chi connectivity index (χ2n) is 5.92. The molecule has 0 fully saturated rings. The Bertz CT molecular complexity index is 754. The molecule has 2 nitrogen and oxygen atoms in total. The van der Waals surface area contributed by atoms with Gasteiger partial charge in [0.05, 0.1) is 0 Å². The second-order valence-corrected chi connectivity index (χ2v) is 5.92. The molecule has 1 amide bonds. The van der Waals surface area contributed by atoms with E-state index < -0.39 is 0 Å². The second kappa shape index (κ2) is 8.11. The zero-order valence-corrected chi connectivity index (χ0v) is 13.6.